The first-order valence-corrected chi connectivity index (χ1v) is 5.45. The van der Waals surface area contributed by atoms with Crippen LogP contribution in [0.2, 0.25) is 0 Å². The average Bonchev–Trinajstić information content (AvgIpc) is 2.37. The van der Waals surface area contributed by atoms with E-state index in [1.165, 1.54) is 0 Å². The Hall–Kier alpha value is -2.12. The number of carbonyl (C=O) groups excluding carboxylic acids is 2. The number of hydrogen-bond donors (Lipinski definition) is 0. The van der Waals surface area contributed by atoms with Gasteiger partial charge in [0, 0.05) is 0 Å². The van der Waals surface area contributed by atoms with Crippen molar-refractivity contribution >= 4 is 11.9 Å². The van der Waals surface area contributed by atoms with Crippen LogP contribution in [0.1, 0.15) is 0 Å². The van der Waals surface area contributed by atoms with E-state index in [1.807, 2.05) is 0 Å². The molecule has 0 saturated heterocycles. The van der Waals surface area contributed by atoms with E-state index >= 15 is 0 Å². The molecule has 166 valence electrons. The second-order valence-corrected chi connectivity index (χ2v) is 4.02. The van der Waals surface area contributed by atoms with Gasteiger partial charge in [0.05, 0.1) is 0 Å². The zero-order valence-electron chi connectivity index (χ0n) is 11.7. The number of alkyl halides is 14. The minimum absolute atomic E-state index is 1.73. The molecule has 0 aliphatic rings. The third-order valence-electron chi connectivity index (χ3n) is 1.96. The average molecular weight is 458 g/mol. The number of halogens is 14. The number of rotatable bonds is 4. The summed E-state index contributed by atoms with van der Waals surface area (Å²) in [4.78, 5) is 25.9. The first kappa shape index (κ1) is 25.9. The highest BCUT2D eigenvalue weighted by atomic mass is 19.4. The molecule has 0 N–H and O–H groups in total. The highest BCUT2D eigenvalue weighted by Crippen LogP contribution is 2.42. The lowest BCUT2D eigenvalue weighted by Gasteiger charge is -2.27. The van der Waals surface area contributed by atoms with Gasteiger partial charge in [0.25, 0.3) is 0 Å². The van der Waals surface area contributed by atoms with Gasteiger partial charge >= 0.3 is 48.7 Å². The third kappa shape index (κ3) is 6.21. The molecule has 0 rings (SSSR count). The summed E-state index contributed by atoms with van der Waals surface area (Å²) in [5, 5.41) is 0. The van der Waals surface area contributed by atoms with Crippen LogP contribution in [-0.4, -0.2) is 48.7 Å². The summed E-state index contributed by atoms with van der Waals surface area (Å²) in [5.41, 5.74) is 0. The molecule has 0 unspecified atom stereocenters. The first-order chi connectivity index (χ1) is 12.0. The van der Waals surface area contributed by atoms with E-state index in [4.69, 9.17) is 0 Å². The Balaban J connectivity index is 5.63. The van der Waals surface area contributed by atoms with Gasteiger partial charge in [0.15, 0.2) is 0 Å². The normalized spacial score (nSPS) is 18.1. The summed E-state index contributed by atoms with van der Waals surface area (Å²) in [5.74, 6) is -21.3. The van der Waals surface area contributed by atoms with Crippen LogP contribution >= 0.6 is 0 Å². The van der Waals surface area contributed by atoms with Crippen LogP contribution in [0.15, 0.2) is 0 Å². The topological polar surface area (TPSA) is 71.1 Å². The largest absolute Gasteiger partial charge is 0.525 e. The number of ether oxygens (including phenoxy) is 2. The predicted octanol–water partition coefficient (Wildman–Crippen LogP) is 3.52. The summed E-state index contributed by atoms with van der Waals surface area (Å²) >= 11 is 0. The molecule has 0 aromatic carbocycles. The Morgan fingerprint density at radius 2 is 0.679 bits per heavy atom. The Bertz CT molecular complexity index is 537. The van der Waals surface area contributed by atoms with E-state index < -0.39 is 48.7 Å². The molecular weight excluding hydrogens is 458 g/mol. The van der Waals surface area contributed by atoms with Gasteiger partial charge in [-0.2, -0.15) is 35.1 Å². The first-order valence-electron chi connectivity index (χ1n) is 5.45. The maximum atomic E-state index is 13.2. The number of hydrogen-bond acceptors (Lipinski definition) is 6. The van der Waals surface area contributed by atoms with Crippen LogP contribution in [-0.2, 0) is 28.8 Å². The van der Waals surface area contributed by atoms with E-state index in [9.17, 15) is 71.1 Å². The molecule has 0 radical (unpaired) electrons. The molecule has 0 aromatic heterocycles. The summed E-state index contributed by atoms with van der Waals surface area (Å²) in [6, 6.07) is 0. The highest BCUT2D eigenvalue weighted by molar-refractivity contribution is 5.82. The summed E-state index contributed by atoms with van der Waals surface area (Å²) in [6.45, 7) is 0. The second kappa shape index (κ2) is 7.37. The van der Waals surface area contributed by atoms with Gasteiger partial charge in [0.1, 0.15) is 0 Å². The molecule has 0 aliphatic carbocycles. The minimum Gasteiger partial charge on any atom is -0.240 e. The standard InChI is InChI=1S/C8F14O6/c9-3(5(11,12)13,27-7(17,18)19)1(23)25-26-2(24)4(10,6(14,15)16)28-8(20,21)22/t3-,4-/m1/s1. The maximum Gasteiger partial charge on any atom is 0.525 e. The van der Waals surface area contributed by atoms with Crippen LogP contribution in [0.25, 0.3) is 0 Å². The van der Waals surface area contributed by atoms with Crippen molar-refractivity contribution in [3.05, 3.63) is 0 Å². The fraction of sp³-hybridized carbons (Fsp3) is 0.750. The van der Waals surface area contributed by atoms with Crippen molar-refractivity contribution in [3.63, 3.8) is 0 Å². The lowest BCUT2D eigenvalue weighted by Crippen LogP contribution is -2.56. The van der Waals surface area contributed by atoms with Gasteiger partial charge in [-0.1, -0.05) is 0 Å². The van der Waals surface area contributed by atoms with Crippen molar-refractivity contribution in [1.29, 1.82) is 0 Å². The Morgan fingerprint density at radius 1 is 0.464 bits per heavy atom. The summed E-state index contributed by atoms with van der Waals surface area (Å²) < 4.78 is 173. The van der Waals surface area contributed by atoms with Crippen molar-refractivity contribution in [2.24, 2.45) is 0 Å². The van der Waals surface area contributed by atoms with Crippen molar-refractivity contribution < 1.29 is 90.3 Å². The monoisotopic (exact) mass is 458 g/mol. The predicted molar refractivity (Wildman–Crippen MR) is 46.3 cm³/mol. The molecular formula is C8F14O6. The van der Waals surface area contributed by atoms with Gasteiger partial charge in [0.2, 0.25) is 0 Å². The highest BCUT2D eigenvalue weighted by Gasteiger charge is 2.72. The molecule has 0 aliphatic heterocycles. The molecule has 0 heterocycles. The van der Waals surface area contributed by atoms with Crippen molar-refractivity contribution in [1.82, 2.24) is 0 Å². The molecule has 0 amide bonds. The van der Waals surface area contributed by atoms with E-state index in [0.29, 0.717) is 0 Å². The lowest BCUT2D eigenvalue weighted by atomic mass is 10.3. The molecule has 6 nitrogen and oxygen atoms in total. The molecule has 28 heavy (non-hydrogen) atoms. The third-order valence-corrected chi connectivity index (χ3v) is 1.96. The van der Waals surface area contributed by atoms with Gasteiger partial charge in [-0.25, -0.2) is 28.8 Å². The van der Waals surface area contributed by atoms with Crippen LogP contribution in [0.3, 0.4) is 0 Å². The van der Waals surface area contributed by atoms with Crippen molar-refractivity contribution in [3.8, 4) is 0 Å². The van der Waals surface area contributed by atoms with Crippen molar-refractivity contribution in [2.45, 2.75) is 36.8 Å². The van der Waals surface area contributed by atoms with Gasteiger partial charge < -0.3 is 0 Å². The Morgan fingerprint density at radius 3 is 0.821 bits per heavy atom. The fourth-order valence-electron chi connectivity index (χ4n) is 0.932. The van der Waals surface area contributed by atoms with Crippen LogP contribution in [0.5, 0.6) is 0 Å². The summed E-state index contributed by atoms with van der Waals surface area (Å²) in [7, 11) is 0. The number of carbonyl (C=O) groups is 2. The van der Waals surface area contributed by atoms with Crippen LogP contribution < -0.4 is 0 Å². The van der Waals surface area contributed by atoms with E-state index in [0.717, 1.165) is 0 Å². The fourth-order valence-corrected chi connectivity index (χ4v) is 0.932. The van der Waals surface area contributed by atoms with Crippen molar-refractivity contribution in [2.75, 3.05) is 0 Å². The quantitative estimate of drug-likeness (QED) is 0.365. The zero-order valence-corrected chi connectivity index (χ0v) is 11.7. The van der Waals surface area contributed by atoms with E-state index in [2.05, 4.69) is 9.78 Å². The van der Waals surface area contributed by atoms with Gasteiger partial charge in [-0.3, -0.25) is 0 Å². The molecule has 2 atom stereocenters. The molecule has 0 saturated carbocycles. The Labute approximate surface area is 140 Å². The SMILES string of the molecule is O=C(OOC(=O)[C@@](F)(OC(F)(F)F)C(F)(F)F)[C@@](F)(OC(F)(F)F)C(F)(F)F. The maximum absolute atomic E-state index is 13.2. The molecule has 0 aromatic rings. The molecule has 0 spiro atoms. The minimum atomic E-state index is -6.98. The van der Waals surface area contributed by atoms with E-state index in [1.54, 1.807) is 9.47 Å². The van der Waals surface area contributed by atoms with Crippen LogP contribution in [0, 0.1) is 0 Å². The lowest BCUT2D eigenvalue weighted by molar-refractivity contribution is -0.451. The summed E-state index contributed by atoms with van der Waals surface area (Å²) in [6.07, 6.45) is -27.2. The van der Waals surface area contributed by atoms with Gasteiger partial charge in [-0.05, 0) is 0 Å². The second-order valence-electron chi connectivity index (χ2n) is 4.02. The van der Waals surface area contributed by atoms with Crippen LogP contribution in [0.4, 0.5) is 61.5 Å². The zero-order chi connectivity index (χ0) is 23.0. The van der Waals surface area contributed by atoms with E-state index in [-0.39, 0.29) is 0 Å². The molecule has 0 fully saturated rings. The molecule has 0 bridgehead atoms. The molecule has 20 heteroatoms. The van der Waals surface area contributed by atoms with Gasteiger partial charge in [-0.15, -0.1) is 26.3 Å². The smallest absolute Gasteiger partial charge is 0.240 e. The Kier molecular flexibility index (Phi) is 6.81.